The summed E-state index contributed by atoms with van der Waals surface area (Å²) < 4.78 is 0. The van der Waals surface area contributed by atoms with Crippen LogP contribution < -0.4 is 5.32 Å². The normalized spacial score (nSPS) is 21.5. The molecule has 1 N–H and O–H groups in total. The van der Waals surface area contributed by atoms with Crippen LogP contribution in [0.25, 0.3) is 0 Å². The van der Waals surface area contributed by atoms with Gasteiger partial charge in [0, 0.05) is 23.6 Å². The highest BCUT2D eigenvalue weighted by atomic mass is 32.2. The van der Waals surface area contributed by atoms with Gasteiger partial charge in [0.05, 0.1) is 0 Å². The molecule has 0 bridgehead atoms. The molecule has 0 saturated carbocycles. The van der Waals surface area contributed by atoms with Crippen LogP contribution in [0.1, 0.15) is 43.9 Å². The molecule has 0 aliphatic carbocycles. The zero-order chi connectivity index (χ0) is 11.4. The summed E-state index contributed by atoms with van der Waals surface area (Å²) in [5, 5.41) is 3.76. The van der Waals surface area contributed by atoms with Crippen molar-refractivity contribution in [1.29, 1.82) is 0 Å². The van der Waals surface area contributed by atoms with Gasteiger partial charge in [0.2, 0.25) is 0 Å². The summed E-state index contributed by atoms with van der Waals surface area (Å²) in [6.07, 6.45) is 2.53. The molecule has 0 saturated heterocycles. The van der Waals surface area contributed by atoms with Gasteiger partial charge in [0.15, 0.2) is 0 Å². The van der Waals surface area contributed by atoms with Crippen LogP contribution >= 0.6 is 11.8 Å². The number of benzene rings is 1. The number of nitrogens with one attached hydrogen (secondary N) is 1. The Bertz CT molecular complexity index is 337. The van der Waals surface area contributed by atoms with Gasteiger partial charge >= 0.3 is 0 Å². The lowest BCUT2D eigenvalue weighted by Crippen LogP contribution is -2.33. The predicted molar refractivity (Wildman–Crippen MR) is 72.9 cm³/mol. The summed E-state index contributed by atoms with van der Waals surface area (Å²) in [6.45, 7) is 4.55. The SMILES string of the molecule is CCCC(C)NC1CSCc2ccccc21. The zero-order valence-corrected chi connectivity index (χ0v) is 11.0. The summed E-state index contributed by atoms with van der Waals surface area (Å²) in [5.74, 6) is 2.39. The van der Waals surface area contributed by atoms with E-state index in [1.54, 1.807) is 0 Å². The first-order valence-corrected chi connectivity index (χ1v) is 7.38. The van der Waals surface area contributed by atoms with Gasteiger partial charge in [-0.25, -0.2) is 0 Å². The summed E-state index contributed by atoms with van der Waals surface area (Å²) in [6, 6.07) is 10.0. The van der Waals surface area contributed by atoms with Crippen LogP contribution in [0.5, 0.6) is 0 Å². The molecule has 1 heterocycles. The van der Waals surface area contributed by atoms with E-state index < -0.39 is 0 Å². The Balaban J connectivity index is 2.07. The van der Waals surface area contributed by atoms with E-state index in [2.05, 4.69) is 43.4 Å². The van der Waals surface area contributed by atoms with Crippen LogP contribution in [-0.2, 0) is 5.75 Å². The Morgan fingerprint density at radius 3 is 3.06 bits per heavy atom. The first kappa shape index (κ1) is 12.0. The lowest BCUT2D eigenvalue weighted by atomic mass is 10.0. The highest BCUT2D eigenvalue weighted by molar-refractivity contribution is 7.98. The van der Waals surface area contributed by atoms with E-state index >= 15 is 0 Å². The topological polar surface area (TPSA) is 12.0 Å². The Morgan fingerprint density at radius 2 is 2.25 bits per heavy atom. The minimum Gasteiger partial charge on any atom is -0.307 e. The van der Waals surface area contributed by atoms with Gasteiger partial charge in [-0.05, 0) is 24.5 Å². The van der Waals surface area contributed by atoms with E-state index in [4.69, 9.17) is 0 Å². The van der Waals surface area contributed by atoms with Crippen molar-refractivity contribution in [3.63, 3.8) is 0 Å². The van der Waals surface area contributed by atoms with Gasteiger partial charge in [-0.2, -0.15) is 11.8 Å². The third-order valence-corrected chi connectivity index (χ3v) is 4.26. The maximum atomic E-state index is 3.76. The molecule has 0 spiro atoms. The minimum absolute atomic E-state index is 0.552. The van der Waals surface area contributed by atoms with Crippen LogP contribution in [0, 0.1) is 0 Å². The molecule has 88 valence electrons. The molecule has 0 radical (unpaired) electrons. The summed E-state index contributed by atoms with van der Waals surface area (Å²) >= 11 is 2.04. The molecule has 16 heavy (non-hydrogen) atoms. The Morgan fingerprint density at radius 1 is 1.44 bits per heavy atom. The van der Waals surface area contributed by atoms with Crippen molar-refractivity contribution < 1.29 is 0 Å². The number of hydrogen-bond acceptors (Lipinski definition) is 2. The lowest BCUT2D eigenvalue weighted by Gasteiger charge is -2.28. The molecule has 2 atom stereocenters. The fourth-order valence-electron chi connectivity index (χ4n) is 2.38. The van der Waals surface area contributed by atoms with E-state index in [9.17, 15) is 0 Å². The first-order valence-electron chi connectivity index (χ1n) is 6.23. The molecular weight excluding hydrogens is 214 g/mol. The summed E-state index contributed by atoms with van der Waals surface area (Å²) in [7, 11) is 0. The van der Waals surface area contributed by atoms with Crippen LogP contribution in [0.3, 0.4) is 0 Å². The van der Waals surface area contributed by atoms with E-state index in [0.29, 0.717) is 12.1 Å². The smallest absolute Gasteiger partial charge is 0.0417 e. The van der Waals surface area contributed by atoms with Crippen LogP contribution in [0.15, 0.2) is 24.3 Å². The van der Waals surface area contributed by atoms with Crippen LogP contribution in [0.4, 0.5) is 0 Å². The fourth-order valence-corrected chi connectivity index (χ4v) is 3.49. The van der Waals surface area contributed by atoms with E-state index in [0.717, 1.165) is 0 Å². The third kappa shape index (κ3) is 2.80. The van der Waals surface area contributed by atoms with Crippen molar-refractivity contribution in [2.75, 3.05) is 5.75 Å². The molecule has 0 aromatic heterocycles. The molecule has 2 heteroatoms. The number of hydrogen-bond donors (Lipinski definition) is 1. The van der Waals surface area contributed by atoms with Crippen molar-refractivity contribution in [1.82, 2.24) is 5.32 Å². The third-order valence-electron chi connectivity index (χ3n) is 3.18. The summed E-state index contributed by atoms with van der Waals surface area (Å²) in [4.78, 5) is 0. The van der Waals surface area contributed by atoms with Crippen molar-refractivity contribution in [2.45, 2.75) is 44.5 Å². The molecule has 2 unspecified atom stereocenters. The maximum Gasteiger partial charge on any atom is 0.0417 e. The molecule has 0 fully saturated rings. The molecule has 1 aliphatic rings. The number of fused-ring (bicyclic) bond motifs is 1. The second kappa shape index (κ2) is 5.74. The van der Waals surface area contributed by atoms with Crippen molar-refractivity contribution in [3.8, 4) is 0 Å². The molecule has 1 aliphatic heterocycles. The number of thioether (sulfide) groups is 1. The van der Waals surface area contributed by atoms with Gasteiger partial charge in [-0.3, -0.25) is 0 Å². The van der Waals surface area contributed by atoms with Gasteiger partial charge in [-0.1, -0.05) is 37.6 Å². The Labute approximate surface area is 103 Å². The van der Waals surface area contributed by atoms with Gasteiger partial charge in [0.1, 0.15) is 0 Å². The average Bonchev–Trinajstić information content (AvgIpc) is 2.30. The highest BCUT2D eigenvalue weighted by Gasteiger charge is 2.20. The van der Waals surface area contributed by atoms with E-state index in [1.165, 1.54) is 35.5 Å². The van der Waals surface area contributed by atoms with E-state index in [-0.39, 0.29) is 0 Å². The van der Waals surface area contributed by atoms with Gasteiger partial charge in [-0.15, -0.1) is 0 Å². The van der Waals surface area contributed by atoms with E-state index in [1.807, 2.05) is 11.8 Å². The molecule has 1 aromatic rings. The molecule has 1 nitrogen and oxygen atoms in total. The fraction of sp³-hybridized carbons (Fsp3) is 0.571. The average molecular weight is 235 g/mol. The van der Waals surface area contributed by atoms with Crippen LogP contribution in [0.2, 0.25) is 0 Å². The van der Waals surface area contributed by atoms with Crippen LogP contribution in [-0.4, -0.2) is 11.8 Å². The molecular formula is C14H21NS. The first-order chi connectivity index (χ1) is 7.81. The minimum atomic E-state index is 0.552. The lowest BCUT2D eigenvalue weighted by molar-refractivity contribution is 0.454. The van der Waals surface area contributed by atoms with Crippen molar-refractivity contribution >= 4 is 11.8 Å². The predicted octanol–water partition coefficient (Wildman–Crippen LogP) is 3.75. The number of rotatable bonds is 4. The van der Waals surface area contributed by atoms with Crippen molar-refractivity contribution in [2.24, 2.45) is 0 Å². The molecule has 0 amide bonds. The molecule has 2 rings (SSSR count). The quantitative estimate of drug-likeness (QED) is 0.853. The van der Waals surface area contributed by atoms with Crippen molar-refractivity contribution in [3.05, 3.63) is 35.4 Å². The highest BCUT2D eigenvalue weighted by Crippen LogP contribution is 2.31. The van der Waals surface area contributed by atoms with Gasteiger partial charge < -0.3 is 5.32 Å². The Hall–Kier alpha value is -0.470. The summed E-state index contributed by atoms with van der Waals surface area (Å²) in [5.41, 5.74) is 3.03. The Kier molecular flexibility index (Phi) is 4.30. The molecule has 1 aromatic carbocycles. The second-order valence-corrected chi connectivity index (χ2v) is 5.65. The monoisotopic (exact) mass is 235 g/mol. The maximum absolute atomic E-state index is 3.76. The largest absolute Gasteiger partial charge is 0.307 e. The van der Waals surface area contributed by atoms with Gasteiger partial charge in [0.25, 0.3) is 0 Å². The zero-order valence-electron chi connectivity index (χ0n) is 10.2. The second-order valence-electron chi connectivity index (χ2n) is 4.62. The standard InChI is InChI=1S/C14H21NS/c1-3-6-11(2)15-14-10-16-9-12-7-4-5-8-13(12)14/h4-5,7-8,11,14-15H,3,6,9-10H2,1-2H3.